The summed E-state index contributed by atoms with van der Waals surface area (Å²) in [4.78, 5) is 16.0. The van der Waals surface area contributed by atoms with Crippen LogP contribution in [0.3, 0.4) is 0 Å². The molecule has 1 aromatic rings. The first-order valence-corrected chi connectivity index (χ1v) is 5.94. The normalized spacial score (nSPS) is 19.7. The molecule has 4 nitrogen and oxygen atoms in total. The van der Waals surface area contributed by atoms with E-state index in [1.807, 2.05) is 35.2 Å². The van der Waals surface area contributed by atoms with Gasteiger partial charge in [0.25, 0.3) is 0 Å². The third kappa shape index (κ3) is 2.97. The van der Waals surface area contributed by atoms with Crippen LogP contribution in [0.4, 0.5) is 10.5 Å². The van der Waals surface area contributed by atoms with Crippen molar-refractivity contribution in [2.75, 3.05) is 32.5 Å². The Morgan fingerprint density at radius 2 is 2.06 bits per heavy atom. The minimum absolute atomic E-state index is 0.000509. The lowest BCUT2D eigenvalue weighted by Gasteiger charge is -2.20. The molecule has 1 aliphatic heterocycles. The fraction of sp³-hybridized carbons (Fsp3) is 0.462. The summed E-state index contributed by atoms with van der Waals surface area (Å²) in [5, 5.41) is 2.91. The van der Waals surface area contributed by atoms with Crippen LogP contribution in [0.1, 0.15) is 6.42 Å². The molecule has 1 aromatic carbocycles. The Labute approximate surface area is 102 Å². The number of nitrogens with one attached hydrogen (secondary N) is 1. The molecule has 1 fully saturated rings. The highest BCUT2D eigenvalue weighted by molar-refractivity contribution is 5.89. The number of para-hydroxylation sites is 1. The molecule has 92 valence electrons. The Morgan fingerprint density at radius 3 is 2.65 bits per heavy atom. The van der Waals surface area contributed by atoms with Crippen molar-refractivity contribution in [3.63, 3.8) is 0 Å². The van der Waals surface area contributed by atoms with Crippen LogP contribution in [0.25, 0.3) is 0 Å². The Morgan fingerprint density at radius 1 is 1.35 bits per heavy atom. The van der Waals surface area contributed by atoms with E-state index in [1.165, 1.54) is 0 Å². The molecule has 0 bridgehead atoms. The summed E-state index contributed by atoms with van der Waals surface area (Å²) in [5.41, 5.74) is 0.853. The zero-order valence-corrected chi connectivity index (χ0v) is 10.4. The molecular formula is C13H19N3O. The number of carbonyl (C=O) groups is 1. The van der Waals surface area contributed by atoms with Gasteiger partial charge in [0.2, 0.25) is 0 Å². The number of likely N-dealkylation sites (tertiary alicyclic amines) is 1. The number of urea groups is 1. The second kappa shape index (κ2) is 5.19. The lowest BCUT2D eigenvalue weighted by Crippen LogP contribution is -2.36. The van der Waals surface area contributed by atoms with Gasteiger partial charge in [0.1, 0.15) is 0 Å². The van der Waals surface area contributed by atoms with Gasteiger partial charge in [-0.3, -0.25) is 0 Å². The van der Waals surface area contributed by atoms with Gasteiger partial charge in [0.05, 0.1) is 0 Å². The maximum atomic E-state index is 12.0. The van der Waals surface area contributed by atoms with Crippen LogP contribution in [-0.2, 0) is 0 Å². The van der Waals surface area contributed by atoms with Gasteiger partial charge in [0, 0.05) is 24.8 Å². The van der Waals surface area contributed by atoms with Crippen LogP contribution in [0.2, 0.25) is 0 Å². The number of carbonyl (C=O) groups excluding carboxylic acids is 1. The van der Waals surface area contributed by atoms with Crippen LogP contribution < -0.4 is 5.32 Å². The van der Waals surface area contributed by atoms with Gasteiger partial charge in [-0.05, 0) is 32.6 Å². The quantitative estimate of drug-likeness (QED) is 0.846. The van der Waals surface area contributed by atoms with E-state index in [0.29, 0.717) is 6.04 Å². The third-order valence-electron chi connectivity index (χ3n) is 3.21. The minimum atomic E-state index is 0.000509. The lowest BCUT2D eigenvalue weighted by atomic mass is 10.2. The smallest absolute Gasteiger partial charge is 0.321 e. The zero-order valence-electron chi connectivity index (χ0n) is 10.4. The topological polar surface area (TPSA) is 35.6 Å². The summed E-state index contributed by atoms with van der Waals surface area (Å²) in [6.45, 7) is 1.65. The molecule has 1 heterocycles. The highest BCUT2D eigenvalue weighted by Crippen LogP contribution is 2.15. The number of nitrogens with zero attached hydrogens (tertiary/aromatic N) is 2. The van der Waals surface area contributed by atoms with E-state index in [1.54, 1.807) is 0 Å². The fourth-order valence-electron chi connectivity index (χ4n) is 2.07. The number of hydrogen-bond donors (Lipinski definition) is 1. The summed E-state index contributed by atoms with van der Waals surface area (Å²) in [5.74, 6) is 0. The van der Waals surface area contributed by atoms with Crippen LogP contribution in [-0.4, -0.2) is 49.1 Å². The van der Waals surface area contributed by atoms with Crippen molar-refractivity contribution in [3.05, 3.63) is 30.3 Å². The molecule has 1 atom stereocenters. The molecule has 17 heavy (non-hydrogen) atoms. The molecule has 0 radical (unpaired) electrons. The molecule has 0 aliphatic carbocycles. The van der Waals surface area contributed by atoms with Gasteiger partial charge in [-0.15, -0.1) is 0 Å². The second-order valence-corrected chi connectivity index (χ2v) is 4.65. The third-order valence-corrected chi connectivity index (χ3v) is 3.21. The number of hydrogen-bond acceptors (Lipinski definition) is 2. The molecule has 0 saturated carbocycles. The maximum Gasteiger partial charge on any atom is 0.321 e. The highest BCUT2D eigenvalue weighted by Gasteiger charge is 2.27. The van der Waals surface area contributed by atoms with E-state index < -0.39 is 0 Å². The summed E-state index contributed by atoms with van der Waals surface area (Å²) < 4.78 is 0. The maximum absolute atomic E-state index is 12.0. The monoisotopic (exact) mass is 233 g/mol. The number of benzene rings is 1. The van der Waals surface area contributed by atoms with Gasteiger partial charge >= 0.3 is 6.03 Å². The largest absolute Gasteiger partial charge is 0.323 e. The van der Waals surface area contributed by atoms with E-state index >= 15 is 0 Å². The molecule has 1 saturated heterocycles. The molecule has 0 aromatic heterocycles. The van der Waals surface area contributed by atoms with Gasteiger partial charge in [0.15, 0.2) is 0 Å². The van der Waals surface area contributed by atoms with Crippen LogP contribution in [0, 0.1) is 0 Å². The lowest BCUT2D eigenvalue weighted by molar-refractivity contribution is 0.216. The SMILES string of the molecule is CN(C)C1CCN(C(=O)Nc2ccccc2)C1. The van der Waals surface area contributed by atoms with Crippen LogP contribution in [0.15, 0.2) is 30.3 Å². The average molecular weight is 233 g/mol. The first-order chi connectivity index (χ1) is 8.16. The summed E-state index contributed by atoms with van der Waals surface area (Å²) in [7, 11) is 4.12. The summed E-state index contributed by atoms with van der Waals surface area (Å²) in [6.07, 6.45) is 1.05. The molecule has 1 aliphatic rings. The number of amides is 2. The number of likely N-dealkylation sites (N-methyl/N-ethyl adjacent to an activating group) is 1. The van der Waals surface area contributed by atoms with Gasteiger partial charge in [-0.1, -0.05) is 18.2 Å². The predicted molar refractivity (Wildman–Crippen MR) is 69.1 cm³/mol. The standard InChI is InChI=1S/C13H19N3O/c1-15(2)12-8-9-16(10-12)13(17)14-11-6-4-3-5-7-11/h3-7,12H,8-10H2,1-2H3,(H,14,17). The molecule has 2 amide bonds. The Bertz CT molecular complexity index is 378. The van der Waals surface area contributed by atoms with Gasteiger partial charge < -0.3 is 15.1 Å². The predicted octanol–water partition coefficient (Wildman–Crippen LogP) is 1.85. The zero-order chi connectivity index (χ0) is 12.3. The summed E-state index contributed by atoms with van der Waals surface area (Å²) in [6, 6.07) is 10.1. The van der Waals surface area contributed by atoms with E-state index in [2.05, 4.69) is 24.3 Å². The Balaban J connectivity index is 1.90. The van der Waals surface area contributed by atoms with E-state index in [4.69, 9.17) is 0 Å². The van der Waals surface area contributed by atoms with Crippen molar-refractivity contribution in [2.45, 2.75) is 12.5 Å². The van der Waals surface area contributed by atoms with Crippen molar-refractivity contribution < 1.29 is 4.79 Å². The van der Waals surface area contributed by atoms with Crippen molar-refractivity contribution in [3.8, 4) is 0 Å². The molecule has 0 spiro atoms. The fourth-order valence-corrected chi connectivity index (χ4v) is 2.07. The Kier molecular flexibility index (Phi) is 3.64. The van der Waals surface area contributed by atoms with Crippen LogP contribution >= 0.6 is 0 Å². The van der Waals surface area contributed by atoms with E-state index in [-0.39, 0.29) is 6.03 Å². The second-order valence-electron chi connectivity index (χ2n) is 4.65. The van der Waals surface area contributed by atoms with Gasteiger partial charge in [-0.2, -0.15) is 0 Å². The van der Waals surface area contributed by atoms with Gasteiger partial charge in [-0.25, -0.2) is 4.79 Å². The van der Waals surface area contributed by atoms with Crippen molar-refractivity contribution in [1.29, 1.82) is 0 Å². The van der Waals surface area contributed by atoms with Crippen molar-refractivity contribution in [2.24, 2.45) is 0 Å². The van der Waals surface area contributed by atoms with E-state index in [9.17, 15) is 4.79 Å². The number of anilines is 1. The van der Waals surface area contributed by atoms with Crippen molar-refractivity contribution in [1.82, 2.24) is 9.80 Å². The average Bonchev–Trinajstić information content (AvgIpc) is 2.79. The first kappa shape index (κ1) is 11.9. The van der Waals surface area contributed by atoms with Crippen LogP contribution in [0.5, 0.6) is 0 Å². The molecular weight excluding hydrogens is 214 g/mol. The van der Waals surface area contributed by atoms with E-state index in [0.717, 1.165) is 25.2 Å². The van der Waals surface area contributed by atoms with Crippen molar-refractivity contribution >= 4 is 11.7 Å². The molecule has 1 N–H and O–H groups in total. The first-order valence-electron chi connectivity index (χ1n) is 5.94. The number of rotatable bonds is 2. The summed E-state index contributed by atoms with van der Waals surface area (Å²) >= 11 is 0. The highest BCUT2D eigenvalue weighted by atomic mass is 16.2. The molecule has 2 rings (SSSR count). The Hall–Kier alpha value is -1.55. The minimum Gasteiger partial charge on any atom is -0.323 e. The molecule has 1 unspecified atom stereocenters. The molecule has 4 heteroatoms.